The number of amides is 3. The van der Waals surface area contributed by atoms with E-state index in [1.54, 1.807) is 24.3 Å². The molecule has 3 N–H and O–H groups in total. The molecular weight excluding hydrogens is 318 g/mol. The highest BCUT2D eigenvalue weighted by atomic mass is 16.2. The van der Waals surface area contributed by atoms with Crippen LogP contribution >= 0.6 is 0 Å². The van der Waals surface area contributed by atoms with Gasteiger partial charge in [-0.25, -0.2) is 0 Å². The Balaban J connectivity index is 1.64. The summed E-state index contributed by atoms with van der Waals surface area (Å²) in [4.78, 5) is 36.2. The van der Waals surface area contributed by atoms with Crippen molar-refractivity contribution in [3.8, 4) is 0 Å². The number of para-hydroxylation sites is 1. The SMILES string of the molecule is O=C(Nc1ccccc1C(=O)NCc1ccccc1)C(=O)NC1CC1. The molecule has 1 fully saturated rings. The molecule has 0 saturated heterocycles. The monoisotopic (exact) mass is 337 g/mol. The number of benzene rings is 2. The molecule has 3 rings (SSSR count). The highest BCUT2D eigenvalue weighted by Gasteiger charge is 2.26. The van der Waals surface area contributed by atoms with Gasteiger partial charge in [0.2, 0.25) is 0 Å². The van der Waals surface area contributed by atoms with E-state index in [1.807, 2.05) is 30.3 Å². The largest absolute Gasteiger partial charge is 0.348 e. The van der Waals surface area contributed by atoms with Crippen LogP contribution in [0.2, 0.25) is 0 Å². The normalized spacial score (nSPS) is 13.0. The van der Waals surface area contributed by atoms with E-state index in [2.05, 4.69) is 16.0 Å². The smallest absolute Gasteiger partial charge is 0.313 e. The van der Waals surface area contributed by atoms with Crippen LogP contribution in [0.25, 0.3) is 0 Å². The predicted molar refractivity (Wildman–Crippen MR) is 93.8 cm³/mol. The molecule has 2 aromatic carbocycles. The average Bonchev–Trinajstić information content (AvgIpc) is 3.45. The van der Waals surface area contributed by atoms with E-state index in [9.17, 15) is 14.4 Å². The molecule has 0 aromatic heterocycles. The third kappa shape index (κ3) is 4.67. The van der Waals surface area contributed by atoms with Crippen molar-refractivity contribution in [2.24, 2.45) is 0 Å². The average molecular weight is 337 g/mol. The van der Waals surface area contributed by atoms with E-state index in [0.717, 1.165) is 18.4 Å². The third-order valence-electron chi connectivity index (χ3n) is 3.83. The van der Waals surface area contributed by atoms with Gasteiger partial charge in [0.1, 0.15) is 0 Å². The topological polar surface area (TPSA) is 87.3 Å². The van der Waals surface area contributed by atoms with Crippen LogP contribution in [0.4, 0.5) is 5.69 Å². The van der Waals surface area contributed by atoms with Crippen molar-refractivity contribution < 1.29 is 14.4 Å². The first-order valence-corrected chi connectivity index (χ1v) is 8.16. The van der Waals surface area contributed by atoms with Crippen LogP contribution in [-0.2, 0) is 16.1 Å². The van der Waals surface area contributed by atoms with Gasteiger partial charge in [0.25, 0.3) is 5.91 Å². The lowest BCUT2D eigenvalue weighted by Crippen LogP contribution is -2.37. The number of hydrogen-bond donors (Lipinski definition) is 3. The Bertz CT molecular complexity index is 786. The van der Waals surface area contributed by atoms with E-state index < -0.39 is 11.8 Å². The van der Waals surface area contributed by atoms with Crippen molar-refractivity contribution in [1.29, 1.82) is 0 Å². The number of rotatable bonds is 5. The van der Waals surface area contributed by atoms with Crippen LogP contribution in [0.1, 0.15) is 28.8 Å². The second kappa shape index (κ2) is 7.61. The second-order valence-electron chi connectivity index (χ2n) is 5.92. The van der Waals surface area contributed by atoms with Gasteiger partial charge in [-0.1, -0.05) is 42.5 Å². The molecule has 1 saturated carbocycles. The predicted octanol–water partition coefficient (Wildman–Crippen LogP) is 1.83. The summed E-state index contributed by atoms with van der Waals surface area (Å²) in [6, 6.07) is 16.2. The highest BCUT2D eigenvalue weighted by Crippen LogP contribution is 2.19. The zero-order valence-corrected chi connectivity index (χ0v) is 13.6. The number of hydrogen-bond acceptors (Lipinski definition) is 3. The molecule has 2 aromatic rings. The van der Waals surface area contributed by atoms with Gasteiger partial charge in [-0.3, -0.25) is 14.4 Å². The summed E-state index contributed by atoms with van der Waals surface area (Å²) in [5.41, 5.74) is 1.59. The number of carbonyl (C=O) groups excluding carboxylic acids is 3. The van der Waals surface area contributed by atoms with Crippen LogP contribution in [0.15, 0.2) is 54.6 Å². The minimum Gasteiger partial charge on any atom is -0.348 e. The van der Waals surface area contributed by atoms with Gasteiger partial charge in [0.15, 0.2) is 0 Å². The quantitative estimate of drug-likeness (QED) is 0.728. The Hall–Kier alpha value is -3.15. The van der Waals surface area contributed by atoms with Crippen LogP contribution < -0.4 is 16.0 Å². The summed E-state index contributed by atoms with van der Waals surface area (Å²) >= 11 is 0. The molecule has 6 nitrogen and oxygen atoms in total. The maximum atomic E-state index is 12.4. The van der Waals surface area contributed by atoms with Crippen LogP contribution in [-0.4, -0.2) is 23.8 Å². The molecule has 1 aliphatic carbocycles. The van der Waals surface area contributed by atoms with Gasteiger partial charge in [0, 0.05) is 12.6 Å². The van der Waals surface area contributed by atoms with E-state index >= 15 is 0 Å². The Morgan fingerprint density at radius 3 is 2.28 bits per heavy atom. The van der Waals surface area contributed by atoms with Crippen molar-refractivity contribution in [2.45, 2.75) is 25.4 Å². The van der Waals surface area contributed by atoms with Gasteiger partial charge in [0.05, 0.1) is 11.3 Å². The van der Waals surface area contributed by atoms with Crippen LogP contribution in [0.3, 0.4) is 0 Å². The molecule has 0 bridgehead atoms. The molecule has 3 amide bonds. The third-order valence-corrected chi connectivity index (χ3v) is 3.83. The minimum atomic E-state index is -0.768. The molecular formula is C19H19N3O3. The molecule has 0 spiro atoms. The van der Waals surface area contributed by atoms with Crippen molar-refractivity contribution in [2.75, 3.05) is 5.32 Å². The van der Waals surface area contributed by atoms with Gasteiger partial charge in [-0.2, -0.15) is 0 Å². The molecule has 6 heteroatoms. The van der Waals surface area contributed by atoms with E-state index in [-0.39, 0.29) is 11.9 Å². The molecule has 128 valence electrons. The fourth-order valence-corrected chi connectivity index (χ4v) is 2.32. The molecule has 0 atom stereocenters. The fraction of sp³-hybridized carbons (Fsp3) is 0.211. The number of anilines is 1. The summed E-state index contributed by atoms with van der Waals surface area (Å²) < 4.78 is 0. The Kier molecular flexibility index (Phi) is 5.09. The molecule has 0 radical (unpaired) electrons. The highest BCUT2D eigenvalue weighted by molar-refractivity contribution is 6.40. The first-order valence-electron chi connectivity index (χ1n) is 8.16. The van der Waals surface area contributed by atoms with E-state index in [1.165, 1.54) is 0 Å². The maximum Gasteiger partial charge on any atom is 0.313 e. The Labute approximate surface area is 145 Å². The second-order valence-corrected chi connectivity index (χ2v) is 5.92. The number of carbonyl (C=O) groups is 3. The first-order chi connectivity index (χ1) is 12.1. The van der Waals surface area contributed by atoms with Gasteiger partial charge in [-0.15, -0.1) is 0 Å². The van der Waals surface area contributed by atoms with Gasteiger partial charge in [-0.05, 0) is 30.5 Å². The van der Waals surface area contributed by atoms with Crippen molar-refractivity contribution in [3.63, 3.8) is 0 Å². The van der Waals surface area contributed by atoms with Crippen molar-refractivity contribution >= 4 is 23.4 Å². The summed E-state index contributed by atoms with van der Waals surface area (Å²) in [7, 11) is 0. The lowest BCUT2D eigenvalue weighted by Gasteiger charge is -2.11. The first kappa shape index (κ1) is 16.7. The Morgan fingerprint density at radius 1 is 0.880 bits per heavy atom. The lowest BCUT2D eigenvalue weighted by atomic mass is 10.1. The van der Waals surface area contributed by atoms with Crippen LogP contribution in [0.5, 0.6) is 0 Å². The molecule has 1 aliphatic rings. The molecule has 25 heavy (non-hydrogen) atoms. The van der Waals surface area contributed by atoms with E-state index in [4.69, 9.17) is 0 Å². The minimum absolute atomic E-state index is 0.0997. The summed E-state index contributed by atoms with van der Waals surface area (Å²) in [5, 5.41) is 7.94. The fourth-order valence-electron chi connectivity index (χ4n) is 2.32. The lowest BCUT2D eigenvalue weighted by molar-refractivity contribution is -0.136. The van der Waals surface area contributed by atoms with Crippen molar-refractivity contribution in [3.05, 3.63) is 65.7 Å². The van der Waals surface area contributed by atoms with Crippen LogP contribution in [0, 0.1) is 0 Å². The van der Waals surface area contributed by atoms with Crippen molar-refractivity contribution in [1.82, 2.24) is 10.6 Å². The van der Waals surface area contributed by atoms with Gasteiger partial charge >= 0.3 is 11.8 Å². The molecule has 0 aliphatic heterocycles. The molecule has 0 unspecified atom stereocenters. The zero-order chi connectivity index (χ0) is 17.6. The number of nitrogens with one attached hydrogen (secondary N) is 3. The van der Waals surface area contributed by atoms with E-state index in [0.29, 0.717) is 17.8 Å². The standard InChI is InChI=1S/C19H19N3O3/c23-17(20-12-13-6-2-1-3-7-13)15-8-4-5-9-16(15)22-19(25)18(24)21-14-10-11-14/h1-9,14H,10-12H2,(H,20,23)(H,21,24)(H,22,25). The summed E-state index contributed by atoms with van der Waals surface area (Å²) in [6.45, 7) is 0.379. The maximum absolute atomic E-state index is 12.4. The summed E-state index contributed by atoms with van der Waals surface area (Å²) in [6.07, 6.45) is 1.80. The summed E-state index contributed by atoms with van der Waals surface area (Å²) in [5.74, 6) is -1.76. The van der Waals surface area contributed by atoms with Gasteiger partial charge < -0.3 is 16.0 Å². The molecule has 0 heterocycles. The Morgan fingerprint density at radius 2 is 1.56 bits per heavy atom. The zero-order valence-electron chi connectivity index (χ0n) is 13.6.